The highest BCUT2D eigenvalue weighted by molar-refractivity contribution is 6.36. The van der Waals surface area contributed by atoms with E-state index in [0.29, 0.717) is 47.6 Å². The van der Waals surface area contributed by atoms with E-state index in [2.05, 4.69) is 10.6 Å². The number of anilines is 1. The molecule has 1 amide bonds. The van der Waals surface area contributed by atoms with Crippen LogP contribution in [0.5, 0.6) is 5.88 Å². The predicted octanol–water partition coefficient (Wildman–Crippen LogP) is 2.89. The van der Waals surface area contributed by atoms with Gasteiger partial charge < -0.3 is 29.8 Å². The SMILES string of the molecule is COc1nc(-c2cccc(-c3cccc(NC(=O)c4cn(C)c(=O)n(C)c4=O)c3C)c2Cl)ccc1CN[C@@H]1COC[C@@H]1O. The molecule has 224 valence electrons. The van der Waals surface area contributed by atoms with E-state index in [-0.39, 0.29) is 11.6 Å². The normalized spacial score (nSPS) is 16.3. The fourth-order valence-electron chi connectivity index (χ4n) is 5.06. The van der Waals surface area contributed by atoms with Crippen molar-refractivity contribution in [3.8, 4) is 28.3 Å². The molecule has 2 aromatic heterocycles. The van der Waals surface area contributed by atoms with Crippen molar-refractivity contribution in [3.63, 3.8) is 0 Å². The van der Waals surface area contributed by atoms with Gasteiger partial charge in [-0.05, 0) is 30.2 Å². The van der Waals surface area contributed by atoms with Gasteiger partial charge in [0.2, 0.25) is 5.88 Å². The number of nitrogens with one attached hydrogen (secondary N) is 2. The number of nitrogens with zero attached hydrogens (tertiary/aromatic N) is 3. The Bertz CT molecular complexity index is 1820. The molecule has 5 rings (SSSR count). The van der Waals surface area contributed by atoms with Gasteiger partial charge in [-0.1, -0.05) is 48.0 Å². The number of aliphatic hydroxyl groups excluding tert-OH is 1. The van der Waals surface area contributed by atoms with Gasteiger partial charge in [-0.2, -0.15) is 0 Å². The molecule has 0 saturated carbocycles. The predicted molar refractivity (Wildman–Crippen MR) is 164 cm³/mol. The van der Waals surface area contributed by atoms with Crippen molar-refractivity contribution in [3.05, 3.63) is 97.3 Å². The molecule has 3 N–H and O–H groups in total. The summed E-state index contributed by atoms with van der Waals surface area (Å²) in [5.41, 5.74) is 3.52. The van der Waals surface area contributed by atoms with Gasteiger partial charge >= 0.3 is 5.69 Å². The quantitative estimate of drug-likeness (QED) is 0.279. The number of ether oxygens (including phenoxy) is 2. The monoisotopic (exact) mass is 605 g/mol. The van der Waals surface area contributed by atoms with Crippen LogP contribution in [0.25, 0.3) is 22.4 Å². The van der Waals surface area contributed by atoms with E-state index in [1.807, 2.05) is 43.3 Å². The summed E-state index contributed by atoms with van der Waals surface area (Å²) < 4.78 is 13.0. The zero-order valence-corrected chi connectivity index (χ0v) is 24.9. The maximum Gasteiger partial charge on any atom is 0.330 e. The van der Waals surface area contributed by atoms with Crippen molar-refractivity contribution in [2.45, 2.75) is 25.6 Å². The average Bonchev–Trinajstić information content (AvgIpc) is 3.42. The third-order valence-electron chi connectivity index (χ3n) is 7.58. The molecule has 1 aliphatic heterocycles. The number of pyridine rings is 1. The Balaban J connectivity index is 1.43. The number of halogens is 1. The number of aromatic nitrogens is 3. The van der Waals surface area contributed by atoms with Crippen LogP contribution in [-0.2, 0) is 25.4 Å². The van der Waals surface area contributed by atoms with Crippen LogP contribution < -0.4 is 26.6 Å². The molecule has 1 saturated heterocycles. The Morgan fingerprint density at radius 3 is 2.53 bits per heavy atom. The molecular weight excluding hydrogens is 574 g/mol. The Morgan fingerprint density at radius 1 is 1.09 bits per heavy atom. The number of rotatable bonds is 8. The third-order valence-corrected chi connectivity index (χ3v) is 7.98. The van der Waals surface area contributed by atoms with Crippen LogP contribution in [0.3, 0.4) is 0 Å². The van der Waals surface area contributed by atoms with E-state index >= 15 is 0 Å². The highest BCUT2D eigenvalue weighted by Crippen LogP contribution is 2.39. The molecule has 0 radical (unpaired) electrons. The molecule has 12 heteroatoms. The molecule has 0 aliphatic carbocycles. The van der Waals surface area contributed by atoms with Crippen LogP contribution in [0.2, 0.25) is 5.02 Å². The van der Waals surface area contributed by atoms with Crippen LogP contribution in [-0.4, -0.2) is 57.6 Å². The zero-order chi connectivity index (χ0) is 30.8. The molecule has 1 fully saturated rings. The minimum atomic E-state index is -0.681. The number of hydrogen-bond acceptors (Lipinski definition) is 8. The summed E-state index contributed by atoms with van der Waals surface area (Å²) in [6.07, 6.45) is 0.672. The Kier molecular flexibility index (Phi) is 8.79. The molecule has 0 bridgehead atoms. The fourth-order valence-corrected chi connectivity index (χ4v) is 5.39. The van der Waals surface area contributed by atoms with Crippen LogP contribution >= 0.6 is 11.6 Å². The first-order valence-electron chi connectivity index (χ1n) is 13.6. The van der Waals surface area contributed by atoms with Crippen molar-refractivity contribution in [1.29, 1.82) is 0 Å². The van der Waals surface area contributed by atoms with E-state index in [9.17, 15) is 19.5 Å². The second-order valence-corrected chi connectivity index (χ2v) is 10.7. The van der Waals surface area contributed by atoms with Gasteiger partial charge in [0.15, 0.2) is 0 Å². The molecule has 1 aliphatic rings. The molecular formula is C31H32ClN5O6. The van der Waals surface area contributed by atoms with E-state index in [1.165, 1.54) is 24.9 Å². The summed E-state index contributed by atoms with van der Waals surface area (Å²) in [4.78, 5) is 42.4. The van der Waals surface area contributed by atoms with Crippen molar-refractivity contribution in [1.82, 2.24) is 19.4 Å². The van der Waals surface area contributed by atoms with Crippen molar-refractivity contribution >= 4 is 23.2 Å². The first-order chi connectivity index (χ1) is 20.6. The van der Waals surface area contributed by atoms with Gasteiger partial charge in [-0.3, -0.25) is 14.2 Å². The summed E-state index contributed by atoms with van der Waals surface area (Å²) in [6, 6.07) is 14.7. The van der Waals surface area contributed by atoms with Crippen LogP contribution in [0, 0.1) is 6.92 Å². The van der Waals surface area contributed by atoms with Crippen LogP contribution in [0.4, 0.5) is 5.69 Å². The van der Waals surface area contributed by atoms with Crippen molar-refractivity contribution in [2.24, 2.45) is 14.1 Å². The zero-order valence-electron chi connectivity index (χ0n) is 24.2. The summed E-state index contributed by atoms with van der Waals surface area (Å²) in [5, 5.41) is 16.6. The highest BCUT2D eigenvalue weighted by atomic mass is 35.5. The Labute approximate surface area is 252 Å². The maximum absolute atomic E-state index is 13.1. The standard InChI is InChI=1S/C31H32ClN5O6/c1-17-19(7-6-10-23(17)34-28(39)22-14-36(2)31(41)37(3)30(22)40)20-8-5-9-21(27(20)32)24-12-11-18(29(35-24)42-4)13-33-25-15-43-16-26(25)38/h5-12,14,25-26,33,38H,13,15-16H2,1-4H3,(H,34,39)/t25-,26+/m1/s1. The minimum Gasteiger partial charge on any atom is -0.481 e. The lowest BCUT2D eigenvalue weighted by Crippen LogP contribution is -2.40. The van der Waals surface area contributed by atoms with Gasteiger partial charge in [0.05, 0.1) is 43.2 Å². The van der Waals surface area contributed by atoms with E-state index in [0.717, 1.165) is 26.8 Å². The number of methoxy groups -OCH3 is 1. The van der Waals surface area contributed by atoms with E-state index in [1.54, 1.807) is 19.2 Å². The largest absolute Gasteiger partial charge is 0.481 e. The van der Waals surface area contributed by atoms with Crippen molar-refractivity contribution < 1.29 is 19.4 Å². The summed E-state index contributed by atoms with van der Waals surface area (Å²) in [6.45, 7) is 3.04. The molecule has 3 heterocycles. The molecule has 2 aromatic carbocycles. The molecule has 4 aromatic rings. The Morgan fingerprint density at radius 2 is 1.81 bits per heavy atom. The van der Waals surface area contributed by atoms with Gasteiger partial charge in [0.1, 0.15) is 5.56 Å². The summed E-state index contributed by atoms with van der Waals surface area (Å²) in [5.74, 6) is -0.192. The lowest BCUT2D eigenvalue weighted by atomic mass is 9.96. The highest BCUT2D eigenvalue weighted by Gasteiger charge is 2.26. The smallest absolute Gasteiger partial charge is 0.330 e. The van der Waals surface area contributed by atoms with Gasteiger partial charge in [-0.25, -0.2) is 9.78 Å². The number of benzene rings is 2. The van der Waals surface area contributed by atoms with Gasteiger partial charge in [0.25, 0.3) is 11.5 Å². The second kappa shape index (κ2) is 12.5. The number of aryl methyl sites for hydroxylation is 1. The molecule has 2 atom stereocenters. The lowest BCUT2D eigenvalue weighted by molar-refractivity contribution is 0.102. The number of carbonyl (C=O) groups excluding carboxylic acids is 1. The van der Waals surface area contributed by atoms with Crippen molar-refractivity contribution in [2.75, 3.05) is 25.6 Å². The van der Waals surface area contributed by atoms with E-state index in [4.69, 9.17) is 26.1 Å². The first kappa shape index (κ1) is 30.2. The second-order valence-electron chi connectivity index (χ2n) is 10.4. The average molecular weight is 606 g/mol. The van der Waals surface area contributed by atoms with Crippen LogP contribution in [0.15, 0.2) is 64.3 Å². The molecule has 0 unspecified atom stereocenters. The number of amides is 1. The lowest BCUT2D eigenvalue weighted by Gasteiger charge is -2.17. The number of carbonyl (C=O) groups is 1. The molecule has 11 nitrogen and oxygen atoms in total. The van der Waals surface area contributed by atoms with E-state index < -0.39 is 23.3 Å². The number of aliphatic hydroxyl groups is 1. The fraction of sp³-hybridized carbons (Fsp3) is 0.290. The van der Waals surface area contributed by atoms with Gasteiger partial charge in [-0.15, -0.1) is 0 Å². The topological polar surface area (TPSA) is 137 Å². The first-order valence-corrected chi connectivity index (χ1v) is 14.0. The van der Waals surface area contributed by atoms with Gasteiger partial charge in [0, 0.05) is 49.2 Å². The molecule has 0 spiro atoms. The molecule has 43 heavy (non-hydrogen) atoms. The summed E-state index contributed by atoms with van der Waals surface area (Å²) in [7, 11) is 4.36. The number of hydrogen-bond donors (Lipinski definition) is 3. The van der Waals surface area contributed by atoms with Crippen LogP contribution in [0.1, 0.15) is 21.5 Å². The minimum absolute atomic E-state index is 0.152. The third kappa shape index (κ3) is 5.98. The summed E-state index contributed by atoms with van der Waals surface area (Å²) >= 11 is 6.97. The maximum atomic E-state index is 13.1. The Hall–Kier alpha value is -4.29.